The molecule has 4 atom stereocenters. The van der Waals surface area contributed by atoms with Crippen molar-refractivity contribution in [2.24, 2.45) is 23.7 Å². The lowest BCUT2D eigenvalue weighted by Gasteiger charge is -2.20. The van der Waals surface area contributed by atoms with Crippen molar-refractivity contribution in [3.63, 3.8) is 0 Å². The van der Waals surface area contributed by atoms with Crippen LogP contribution in [0.2, 0.25) is 0 Å². The third kappa shape index (κ3) is 5.98. The maximum Gasteiger partial charge on any atom is 0.314 e. The number of esters is 1. The van der Waals surface area contributed by atoms with Gasteiger partial charge in [0, 0.05) is 0 Å². The largest absolute Gasteiger partial charge is 0.490 e. The fraction of sp³-hybridized carbons (Fsp3) is 0.731. The van der Waals surface area contributed by atoms with Gasteiger partial charge in [-0.2, -0.15) is 8.78 Å². The van der Waals surface area contributed by atoms with Crippen molar-refractivity contribution in [1.29, 1.82) is 0 Å². The summed E-state index contributed by atoms with van der Waals surface area (Å²) in [6.07, 6.45) is 13.1. The van der Waals surface area contributed by atoms with Crippen LogP contribution in [-0.4, -0.2) is 12.6 Å². The van der Waals surface area contributed by atoms with Crippen LogP contribution in [0.25, 0.3) is 0 Å². The Morgan fingerprint density at radius 1 is 0.871 bits per heavy atom. The highest BCUT2D eigenvalue weighted by Gasteiger charge is 2.47. The topological polar surface area (TPSA) is 35.5 Å². The molecule has 0 saturated heterocycles. The van der Waals surface area contributed by atoms with E-state index in [0.29, 0.717) is 24.4 Å². The Balaban J connectivity index is 1.54. The van der Waals surface area contributed by atoms with Gasteiger partial charge in [-0.15, -0.1) is 0 Å². The molecule has 0 N–H and O–H groups in total. The number of unbranched alkanes of at least 4 members (excludes halogenated alkanes) is 5. The third-order valence-electron chi connectivity index (χ3n) is 7.31. The second-order valence-corrected chi connectivity index (χ2v) is 9.36. The van der Waals surface area contributed by atoms with Crippen LogP contribution in [0.1, 0.15) is 90.9 Å². The molecule has 3 nitrogen and oxygen atoms in total. The molecule has 2 saturated carbocycles. The van der Waals surface area contributed by atoms with Gasteiger partial charge in [0.15, 0.2) is 11.5 Å². The molecule has 0 heterocycles. The number of carbonyl (C=O) groups is 1. The van der Waals surface area contributed by atoms with Crippen LogP contribution in [0.4, 0.5) is 8.78 Å². The smallest absolute Gasteiger partial charge is 0.314 e. The quantitative estimate of drug-likeness (QED) is 0.194. The minimum absolute atomic E-state index is 0.125. The highest BCUT2D eigenvalue weighted by molar-refractivity contribution is 5.76. The first-order valence-electron chi connectivity index (χ1n) is 12.4. The maximum absolute atomic E-state index is 14.5. The SMILES string of the molecule is CCCCCCOc1ccc(OC(=O)C2CCC3C(CCCCC)CCC23)c(F)c1F. The highest BCUT2D eigenvalue weighted by Crippen LogP contribution is 2.52. The Bertz CT molecular complexity index is 721. The van der Waals surface area contributed by atoms with Crippen molar-refractivity contribution in [2.75, 3.05) is 6.61 Å². The Labute approximate surface area is 185 Å². The fourth-order valence-corrected chi connectivity index (χ4v) is 5.63. The van der Waals surface area contributed by atoms with E-state index < -0.39 is 17.6 Å². The van der Waals surface area contributed by atoms with Gasteiger partial charge in [-0.1, -0.05) is 58.8 Å². The van der Waals surface area contributed by atoms with Crippen LogP contribution in [0.15, 0.2) is 12.1 Å². The first kappa shape index (κ1) is 24.0. The van der Waals surface area contributed by atoms with Gasteiger partial charge in [0.25, 0.3) is 0 Å². The minimum Gasteiger partial charge on any atom is -0.490 e. The minimum atomic E-state index is -1.14. The summed E-state index contributed by atoms with van der Waals surface area (Å²) in [6.45, 7) is 4.67. The zero-order valence-electron chi connectivity index (χ0n) is 19.1. The molecule has 0 aromatic heterocycles. The van der Waals surface area contributed by atoms with Gasteiger partial charge < -0.3 is 9.47 Å². The normalized spacial score (nSPS) is 24.9. The van der Waals surface area contributed by atoms with Gasteiger partial charge in [-0.25, -0.2) is 0 Å². The van der Waals surface area contributed by atoms with E-state index in [9.17, 15) is 13.6 Å². The number of benzene rings is 1. The van der Waals surface area contributed by atoms with E-state index in [-0.39, 0.29) is 17.4 Å². The predicted octanol–water partition coefficient (Wildman–Crippen LogP) is 7.46. The summed E-state index contributed by atoms with van der Waals surface area (Å²) >= 11 is 0. The number of carbonyl (C=O) groups excluding carboxylic acids is 1. The second kappa shape index (κ2) is 11.8. The monoisotopic (exact) mass is 436 g/mol. The molecule has 1 aromatic carbocycles. The summed E-state index contributed by atoms with van der Waals surface area (Å²) in [5.74, 6) is -1.66. The maximum atomic E-state index is 14.5. The van der Waals surface area contributed by atoms with Gasteiger partial charge in [-0.3, -0.25) is 4.79 Å². The van der Waals surface area contributed by atoms with Crippen molar-refractivity contribution in [3.05, 3.63) is 23.8 Å². The summed E-state index contributed by atoms with van der Waals surface area (Å²) in [6, 6.07) is 2.67. The van der Waals surface area contributed by atoms with Gasteiger partial charge in [0.2, 0.25) is 11.6 Å². The van der Waals surface area contributed by atoms with E-state index in [1.807, 2.05) is 0 Å². The first-order valence-corrected chi connectivity index (χ1v) is 12.4. The summed E-state index contributed by atoms with van der Waals surface area (Å²) in [7, 11) is 0. The summed E-state index contributed by atoms with van der Waals surface area (Å²) in [5, 5.41) is 0. The molecule has 0 aliphatic heterocycles. The third-order valence-corrected chi connectivity index (χ3v) is 7.31. The molecule has 174 valence electrons. The molecule has 3 rings (SSSR count). The Morgan fingerprint density at radius 3 is 2.32 bits per heavy atom. The molecule has 0 spiro atoms. The molecule has 0 bridgehead atoms. The predicted molar refractivity (Wildman–Crippen MR) is 118 cm³/mol. The van der Waals surface area contributed by atoms with Crippen molar-refractivity contribution >= 4 is 5.97 Å². The lowest BCUT2D eigenvalue weighted by atomic mass is 9.86. The first-order chi connectivity index (χ1) is 15.1. The lowest BCUT2D eigenvalue weighted by molar-refractivity contribution is -0.140. The van der Waals surface area contributed by atoms with Gasteiger partial charge >= 0.3 is 5.97 Å². The summed E-state index contributed by atoms with van der Waals surface area (Å²) in [5.41, 5.74) is 0. The molecular weight excluding hydrogens is 398 g/mol. The zero-order chi connectivity index (χ0) is 22.2. The van der Waals surface area contributed by atoms with E-state index in [1.165, 1.54) is 44.2 Å². The van der Waals surface area contributed by atoms with Gasteiger partial charge in [0.05, 0.1) is 12.5 Å². The standard InChI is InChI=1S/C26H38F2O3/c1-3-5-7-9-17-30-22-15-16-23(25(28)24(22)27)31-26(29)21-14-13-19-18(10-8-6-4-2)11-12-20(19)21/h15-16,18-21H,3-14,17H2,1-2H3. The van der Waals surface area contributed by atoms with Crippen LogP contribution in [0.5, 0.6) is 11.5 Å². The van der Waals surface area contributed by atoms with E-state index in [4.69, 9.17) is 9.47 Å². The molecule has 2 aliphatic rings. The molecular formula is C26H38F2O3. The molecule has 31 heavy (non-hydrogen) atoms. The molecule has 1 aromatic rings. The summed E-state index contributed by atoms with van der Waals surface area (Å²) < 4.78 is 39.6. The Morgan fingerprint density at radius 2 is 1.55 bits per heavy atom. The number of hydrogen-bond acceptors (Lipinski definition) is 3. The van der Waals surface area contributed by atoms with Crippen molar-refractivity contribution in [2.45, 2.75) is 90.9 Å². The average Bonchev–Trinajstić information content (AvgIpc) is 3.35. The summed E-state index contributed by atoms with van der Waals surface area (Å²) in [4.78, 5) is 12.8. The van der Waals surface area contributed by atoms with Gasteiger partial charge in [-0.05, 0) is 62.0 Å². The fourth-order valence-electron chi connectivity index (χ4n) is 5.63. The van der Waals surface area contributed by atoms with Crippen LogP contribution >= 0.6 is 0 Å². The van der Waals surface area contributed by atoms with Crippen molar-refractivity contribution in [1.82, 2.24) is 0 Å². The molecule has 0 amide bonds. The van der Waals surface area contributed by atoms with E-state index >= 15 is 0 Å². The Hall–Kier alpha value is -1.65. The second-order valence-electron chi connectivity index (χ2n) is 9.36. The number of fused-ring (bicyclic) bond motifs is 1. The van der Waals surface area contributed by atoms with Crippen LogP contribution in [-0.2, 0) is 4.79 Å². The van der Waals surface area contributed by atoms with E-state index in [2.05, 4.69) is 13.8 Å². The van der Waals surface area contributed by atoms with Gasteiger partial charge in [0.1, 0.15) is 0 Å². The Kier molecular flexibility index (Phi) is 9.15. The van der Waals surface area contributed by atoms with Crippen molar-refractivity contribution in [3.8, 4) is 11.5 Å². The average molecular weight is 437 g/mol. The zero-order valence-corrected chi connectivity index (χ0v) is 19.1. The number of hydrogen-bond donors (Lipinski definition) is 0. The number of ether oxygens (including phenoxy) is 2. The molecule has 2 aliphatic carbocycles. The van der Waals surface area contributed by atoms with Crippen molar-refractivity contribution < 1.29 is 23.0 Å². The van der Waals surface area contributed by atoms with E-state index in [1.54, 1.807) is 0 Å². The van der Waals surface area contributed by atoms with Crippen LogP contribution in [0.3, 0.4) is 0 Å². The van der Waals surface area contributed by atoms with Crippen LogP contribution < -0.4 is 9.47 Å². The molecule has 2 fully saturated rings. The molecule has 0 radical (unpaired) electrons. The van der Waals surface area contributed by atoms with Crippen LogP contribution in [0, 0.1) is 35.3 Å². The lowest BCUT2D eigenvalue weighted by Crippen LogP contribution is -2.25. The molecule has 4 unspecified atom stereocenters. The highest BCUT2D eigenvalue weighted by atomic mass is 19.2. The number of halogens is 2. The molecule has 5 heteroatoms. The number of rotatable bonds is 12. The van der Waals surface area contributed by atoms with E-state index in [0.717, 1.165) is 44.9 Å².